The van der Waals surface area contributed by atoms with Gasteiger partial charge in [0.2, 0.25) is 0 Å². The Morgan fingerprint density at radius 1 is 0.607 bits per heavy atom. The largest absolute Gasteiger partial charge is 0.472 e. The molecule has 0 aromatic heterocycles. The fourth-order valence-corrected chi connectivity index (χ4v) is 6.23. The Labute approximate surface area is 335 Å². The monoisotopic (exact) mass is 838 g/mol. The zero-order chi connectivity index (χ0) is 41.9. The van der Waals surface area contributed by atoms with Crippen LogP contribution in [0.25, 0.3) is 0 Å². The first-order valence-electron chi connectivity index (χ1n) is 20.3. The fraction of sp³-hybridized carbons (Fsp3) is 0.750. The maximum absolute atomic E-state index is 12.6. The van der Waals surface area contributed by atoms with Crippen LogP contribution in [0, 0.1) is 5.92 Å². The van der Waals surface area contributed by atoms with Crippen molar-refractivity contribution in [2.75, 3.05) is 26.4 Å². The summed E-state index contributed by atoms with van der Waals surface area (Å²) in [5.74, 6) is -0.397. The topological polar surface area (TPSA) is 216 Å². The van der Waals surface area contributed by atoms with Crippen LogP contribution in [0.15, 0.2) is 48.6 Å². The molecule has 5 N–H and O–H groups in total. The highest BCUT2D eigenvalue weighted by Crippen LogP contribution is 2.43. The lowest BCUT2D eigenvalue weighted by Crippen LogP contribution is -2.30. The molecule has 0 aliphatic carbocycles. The molecular formula is C40H72O14P2. The molecule has 0 aromatic rings. The van der Waals surface area contributed by atoms with Gasteiger partial charge in [0, 0.05) is 12.8 Å². The molecule has 16 heteroatoms. The first kappa shape index (κ1) is 54.0. The summed E-state index contributed by atoms with van der Waals surface area (Å²) >= 11 is 0. The van der Waals surface area contributed by atoms with Gasteiger partial charge in [0.1, 0.15) is 12.7 Å². The number of rotatable bonds is 37. The van der Waals surface area contributed by atoms with Crippen LogP contribution in [0.4, 0.5) is 0 Å². The van der Waals surface area contributed by atoms with Crippen molar-refractivity contribution in [2.24, 2.45) is 5.92 Å². The summed E-state index contributed by atoms with van der Waals surface area (Å²) in [6.45, 7) is 3.76. The number of unbranched alkanes of at least 4 members (excludes halogenated alkanes) is 9. The zero-order valence-corrected chi connectivity index (χ0v) is 35.8. The van der Waals surface area contributed by atoms with Gasteiger partial charge in [0.05, 0.1) is 25.9 Å². The number of hydrogen-bond donors (Lipinski definition) is 5. The van der Waals surface area contributed by atoms with Crippen molar-refractivity contribution in [3.63, 3.8) is 0 Å². The molecule has 56 heavy (non-hydrogen) atoms. The van der Waals surface area contributed by atoms with Crippen molar-refractivity contribution in [3.8, 4) is 0 Å². The maximum atomic E-state index is 12.6. The van der Waals surface area contributed by atoms with E-state index in [9.17, 15) is 33.8 Å². The van der Waals surface area contributed by atoms with Crippen molar-refractivity contribution in [1.82, 2.24) is 0 Å². The van der Waals surface area contributed by atoms with Crippen LogP contribution in [-0.4, -0.2) is 81.6 Å². The summed E-state index contributed by atoms with van der Waals surface area (Å²) in [5, 5.41) is 19.5. The Balaban J connectivity index is 4.66. The van der Waals surface area contributed by atoms with Crippen molar-refractivity contribution >= 4 is 27.6 Å². The van der Waals surface area contributed by atoms with Gasteiger partial charge in [-0.25, -0.2) is 9.13 Å². The predicted molar refractivity (Wildman–Crippen MR) is 217 cm³/mol. The van der Waals surface area contributed by atoms with Crippen LogP contribution in [0.5, 0.6) is 0 Å². The zero-order valence-electron chi connectivity index (χ0n) is 34.0. The van der Waals surface area contributed by atoms with E-state index in [0.717, 1.165) is 70.1 Å². The van der Waals surface area contributed by atoms with Gasteiger partial charge in [0.15, 0.2) is 6.10 Å². The molecule has 0 saturated heterocycles. The van der Waals surface area contributed by atoms with Crippen LogP contribution < -0.4 is 0 Å². The highest BCUT2D eigenvalue weighted by Gasteiger charge is 2.28. The Morgan fingerprint density at radius 3 is 1.75 bits per heavy atom. The molecule has 0 radical (unpaired) electrons. The molecule has 4 atom stereocenters. The minimum atomic E-state index is -4.87. The number of ether oxygens (including phenoxy) is 2. The molecule has 0 aliphatic rings. The summed E-state index contributed by atoms with van der Waals surface area (Å²) < 4.78 is 47.5. The van der Waals surface area contributed by atoms with Crippen molar-refractivity contribution < 1.29 is 66.7 Å². The number of phosphoric ester groups is 2. The van der Waals surface area contributed by atoms with E-state index in [1.54, 1.807) is 0 Å². The molecule has 0 rings (SSSR count). The van der Waals surface area contributed by atoms with Crippen LogP contribution in [-0.2, 0) is 41.8 Å². The minimum absolute atomic E-state index is 0.102. The highest BCUT2D eigenvalue weighted by molar-refractivity contribution is 7.47. The number of esters is 2. The molecule has 0 spiro atoms. The lowest BCUT2D eigenvalue weighted by molar-refractivity contribution is -0.161. The van der Waals surface area contributed by atoms with Gasteiger partial charge in [0.25, 0.3) is 0 Å². The summed E-state index contributed by atoms with van der Waals surface area (Å²) in [6.07, 6.45) is 29.1. The lowest BCUT2D eigenvalue weighted by Gasteiger charge is -2.20. The van der Waals surface area contributed by atoms with Crippen LogP contribution in [0.2, 0.25) is 0 Å². The maximum Gasteiger partial charge on any atom is 0.472 e. The SMILES string of the molecule is CCCC[C@H](O)/C=C\C/C=C\C/C=C\C/C=C\CCCC(=O)OC[C@H](COP(=O)(O)OC[C@@H](O)COP(=O)(O)O)OC(=O)CCCCCCCCCCC(C)C. The van der Waals surface area contributed by atoms with Gasteiger partial charge in [-0.15, -0.1) is 0 Å². The van der Waals surface area contributed by atoms with Crippen LogP contribution in [0.1, 0.15) is 143 Å². The second kappa shape index (κ2) is 35.0. The third-order valence-corrected chi connectivity index (χ3v) is 9.65. The molecular weight excluding hydrogens is 766 g/mol. The summed E-state index contributed by atoms with van der Waals surface area (Å²) in [5.41, 5.74) is 0. The Hall–Kier alpha value is -1.96. The molecule has 0 bridgehead atoms. The van der Waals surface area contributed by atoms with E-state index in [2.05, 4.69) is 54.1 Å². The van der Waals surface area contributed by atoms with Crippen LogP contribution >= 0.6 is 15.6 Å². The number of allylic oxidation sites excluding steroid dienone is 7. The molecule has 1 unspecified atom stereocenters. The second-order valence-corrected chi connectivity index (χ2v) is 16.9. The van der Waals surface area contributed by atoms with E-state index in [0.29, 0.717) is 19.3 Å². The Bertz CT molecular complexity index is 1210. The van der Waals surface area contributed by atoms with Gasteiger partial charge in [-0.2, -0.15) is 0 Å². The summed E-state index contributed by atoms with van der Waals surface area (Å²) in [6, 6.07) is 0. The van der Waals surface area contributed by atoms with Gasteiger partial charge < -0.3 is 34.4 Å². The summed E-state index contributed by atoms with van der Waals surface area (Å²) in [4.78, 5) is 52.5. The van der Waals surface area contributed by atoms with Gasteiger partial charge in [-0.05, 0) is 50.9 Å². The number of hydrogen-bond acceptors (Lipinski definition) is 11. The van der Waals surface area contributed by atoms with Crippen molar-refractivity contribution in [2.45, 2.75) is 161 Å². The lowest BCUT2D eigenvalue weighted by atomic mass is 10.0. The van der Waals surface area contributed by atoms with E-state index in [4.69, 9.17) is 23.8 Å². The Kier molecular flexibility index (Phi) is 33.8. The standard InChI is InChI=1S/C40H72O14P2/c1-4-5-27-36(41)28-23-19-15-10-8-6-7-9-11-16-20-24-29-39(43)50-33-38(34-53-56(48,49)52-32-37(42)31-51-55(45,46)47)54-40(44)30-25-21-17-13-12-14-18-22-26-35(2)3/h6-7,10-11,15-16,23,28,35-38,41-42H,4-5,8-9,12-14,17-22,24-27,29-34H2,1-3H3,(H,48,49)(H2,45,46,47)/b7-6-,15-10-,16-11-,28-23-/t36-,37-,38+/m0/s1. The first-order chi connectivity index (χ1) is 26.6. The smallest absolute Gasteiger partial charge is 0.462 e. The third kappa shape index (κ3) is 38.9. The molecule has 0 heterocycles. The van der Waals surface area contributed by atoms with E-state index in [1.165, 1.54) is 25.7 Å². The third-order valence-electron chi connectivity index (χ3n) is 8.21. The molecule has 326 valence electrons. The normalized spacial score (nSPS) is 15.3. The molecule has 14 nitrogen and oxygen atoms in total. The average Bonchev–Trinajstić information content (AvgIpc) is 3.13. The molecule has 0 amide bonds. The number of phosphoric acid groups is 2. The predicted octanol–water partition coefficient (Wildman–Crippen LogP) is 8.72. The minimum Gasteiger partial charge on any atom is -0.462 e. The second-order valence-electron chi connectivity index (χ2n) is 14.2. The number of carbonyl (C=O) groups excluding carboxylic acids is 2. The van der Waals surface area contributed by atoms with Gasteiger partial charge >= 0.3 is 27.6 Å². The van der Waals surface area contributed by atoms with E-state index in [1.807, 2.05) is 24.3 Å². The summed E-state index contributed by atoms with van der Waals surface area (Å²) in [7, 11) is -9.69. The average molecular weight is 839 g/mol. The van der Waals surface area contributed by atoms with E-state index in [-0.39, 0.29) is 18.9 Å². The van der Waals surface area contributed by atoms with Crippen LogP contribution in [0.3, 0.4) is 0 Å². The number of aliphatic hydroxyl groups is 2. The number of carbonyl (C=O) groups is 2. The van der Waals surface area contributed by atoms with E-state index >= 15 is 0 Å². The van der Waals surface area contributed by atoms with Gasteiger partial charge in [-0.3, -0.25) is 23.2 Å². The quantitative estimate of drug-likeness (QED) is 0.0171. The Morgan fingerprint density at radius 2 is 1.14 bits per heavy atom. The molecule has 0 fully saturated rings. The fourth-order valence-electron chi connectivity index (χ4n) is 5.07. The first-order valence-corrected chi connectivity index (χ1v) is 23.3. The van der Waals surface area contributed by atoms with Gasteiger partial charge in [-0.1, -0.05) is 134 Å². The van der Waals surface area contributed by atoms with Crippen molar-refractivity contribution in [3.05, 3.63) is 48.6 Å². The molecule has 0 aromatic carbocycles. The molecule has 0 saturated carbocycles. The number of aliphatic hydroxyl groups excluding tert-OH is 2. The van der Waals surface area contributed by atoms with E-state index < -0.39 is 66.2 Å². The highest BCUT2D eigenvalue weighted by atomic mass is 31.2. The molecule has 0 aliphatic heterocycles. The van der Waals surface area contributed by atoms with Crippen molar-refractivity contribution in [1.29, 1.82) is 0 Å².